The highest BCUT2D eigenvalue weighted by molar-refractivity contribution is 9.10. The van der Waals surface area contributed by atoms with Crippen LogP contribution in [0.15, 0.2) is 15.9 Å². The molecule has 2 aliphatic rings. The van der Waals surface area contributed by atoms with Gasteiger partial charge in [-0.25, -0.2) is 0 Å². The van der Waals surface area contributed by atoms with Gasteiger partial charge in [-0.2, -0.15) is 0 Å². The second-order valence-electron chi connectivity index (χ2n) is 6.19. The summed E-state index contributed by atoms with van der Waals surface area (Å²) in [5.74, 6) is 0.715. The quantitative estimate of drug-likeness (QED) is 0.827. The number of halogens is 1. The van der Waals surface area contributed by atoms with E-state index in [-0.39, 0.29) is 5.60 Å². The van der Waals surface area contributed by atoms with E-state index in [0.29, 0.717) is 12.0 Å². The molecule has 1 aromatic rings. The summed E-state index contributed by atoms with van der Waals surface area (Å²) >= 11 is 5.47. The summed E-state index contributed by atoms with van der Waals surface area (Å²) in [4.78, 5) is 1.47. The van der Waals surface area contributed by atoms with E-state index in [1.54, 1.807) is 0 Å². The number of thiophene rings is 1. The van der Waals surface area contributed by atoms with Crippen LogP contribution in [0.1, 0.15) is 56.4 Å². The molecule has 4 heteroatoms. The van der Waals surface area contributed by atoms with E-state index in [9.17, 15) is 0 Å². The molecule has 1 saturated heterocycles. The molecular formula is C16H24BrNOS. The van der Waals surface area contributed by atoms with Crippen LogP contribution in [0.3, 0.4) is 0 Å². The van der Waals surface area contributed by atoms with Crippen molar-refractivity contribution >= 4 is 27.3 Å². The molecule has 0 radical (unpaired) electrons. The Kier molecular flexibility index (Phi) is 4.86. The largest absolute Gasteiger partial charge is 0.375 e. The van der Waals surface area contributed by atoms with Gasteiger partial charge in [-0.15, -0.1) is 11.3 Å². The summed E-state index contributed by atoms with van der Waals surface area (Å²) in [6.07, 6.45) is 7.67. The zero-order valence-corrected chi connectivity index (χ0v) is 14.6. The van der Waals surface area contributed by atoms with Gasteiger partial charge in [0.25, 0.3) is 0 Å². The Morgan fingerprint density at radius 3 is 2.95 bits per heavy atom. The van der Waals surface area contributed by atoms with Crippen molar-refractivity contribution < 1.29 is 4.74 Å². The van der Waals surface area contributed by atoms with Crippen LogP contribution in [0.4, 0.5) is 0 Å². The molecule has 1 aliphatic heterocycles. The normalized spacial score (nSPS) is 27.0. The maximum absolute atomic E-state index is 6.19. The predicted molar refractivity (Wildman–Crippen MR) is 88.3 cm³/mol. The van der Waals surface area contributed by atoms with E-state index < -0.39 is 0 Å². The van der Waals surface area contributed by atoms with Crippen molar-refractivity contribution in [3.8, 4) is 0 Å². The van der Waals surface area contributed by atoms with E-state index in [4.69, 9.17) is 4.74 Å². The van der Waals surface area contributed by atoms with Crippen LogP contribution in [0, 0.1) is 5.92 Å². The maximum Gasteiger partial charge on any atom is 0.0686 e. The molecule has 2 heterocycles. The molecule has 1 N–H and O–H groups in total. The van der Waals surface area contributed by atoms with Gasteiger partial charge in [0.15, 0.2) is 0 Å². The lowest BCUT2D eigenvalue weighted by molar-refractivity contribution is -0.0979. The number of hydrogen-bond acceptors (Lipinski definition) is 3. The first-order chi connectivity index (χ1) is 9.72. The van der Waals surface area contributed by atoms with Crippen LogP contribution in [-0.2, 0) is 4.74 Å². The molecule has 2 unspecified atom stereocenters. The highest BCUT2D eigenvalue weighted by Gasteiger charge is 2.42. The average Bonchev–Trinajstić information content (AvgIpc) is 3.06. The summed E-state index contributed by atoms with van der Waals surface area (Å²) < 4.78 is 7.40. The second-order valence-corrected chi connectivity index (χ2v) is 8.05. The van der Waals surface area contributed by atoms with Gasteiger partial charge in [0.1, 0.15) is 0 Å². The summed E-state index contributed by atoms with van der Waals surface area (Å²) in [5.41, 5.74) is 0.213. The van der Waals surface area contributed by atoms with E-state index in [2.05, 4.69) is 39.6 Å². The first-order valence-corrected chi connectivity index (χ1v) is 9.51. The molecule has 2 atom stereocenters. The van der Waals surface area contributed by atoms with Crippen LogP contribution in [0.25, 0.3) is 0 Å². The smallest absolute Gasteiger partial charge is 0.0686 e. The zero-order valence-electron chi connectivity index (χ0n) is 12.2. The van der Waals surface area contributed by atoms with Crippen LogP contribution in [0.5, 0.6) is 0 Å². The Balaban J connectivity index is 1.76. The number of rotatable bonds is 4. The second kappa shape index (κ2) is 6.47. The Hall–Kier alpha value is 0.1000. The van der Waals surface area contributed by atoms with Gasteiger partial charge in [0, 0.05) is 27.4 Å². The van der Waals surface area contributed by atoms with Crippen molar-refractivity contribution in [2.45, 2.75) is 57.1 Å². The van der Waals surface area contributed by atoms with Crippen LogP contribution in [-0.4, -0.2) is 18.8 Å². The maximum atomic E-state index is 6.19. The Morgan fingerprint density at radius 2 is 2.30 bits per heavy atom. The molecule has 112 valence electrons. The molecule has 0 amide bonds. The summed E-state index contributed by atoms with van der Waals surface area (Å²) in [6.45, 7) is 4.18. The molecule has 1 aliphatic carbocycles. The minimum absolute atomic E-state index is 0.213. The molecule has 2 nitrogen and oxygen atoms in total. The molecule has 1 spiro atoms. The highest BCUT2D eigenvalue weighted by atomic mass is 79.9. The number of ether oxygens (including phenoxy) is 1. The summed E-state index contributed by atoms with van der Waals surface area (Å²) in [7, 11) is 0. The molecule has 20 heavy (non-hydrogen) atoms. The van der Waals surface area contributed by atoms with Gasteiger partial charge in [0.05, 0.1) is 5.60 Å². The standard InChI is InChI=1S/C16H24BrNOS/c1-2-18-15(14-9-13(17)11-20-14)12-5-8-19-16(10-12)6-3-4-7-16/h9,11-12,15,18H,2-8,10H2,1H3. The Bertz CT molecular complexity index is 441. The van der Waals surface area contributed by atoms with Crippen molar-refractivity contribution in [1.82, 2.24) is 5.32 Å². The zero-order chi connectivity index (χ0) is 14.0. The number of nitrogens with one attached hydrogen (secondary N) is 1. The topological polar surface area (TPSA) is 21.3 Å². The van der Waals surface area contributed by atoms with Crippen LogP contribution < -0.4 is 5.32 Å². The molecule has 1 saturated carbocycles. The van der Waals surface area contributed by atoms with Gasteiger partial charge in [-0.1, -0.05) is 19.8 Å². The lowest BCUT2D eigenvalue weighted by Gasteiger charge is -2.41. The van der Waals surface area contributed by atoms with Gasteiger partial charge < -0.3 is 10.1 Å². The van der Waals surface area contributed by atoms with Crippen LogP contribution >= 0.6 is 27.3 Å². The van der Waals surface area contributed by atoms with Gasteiger partial charge in [-0.05, 0) is 60.1 Å². The monoisotopic (exact) mass is 357 g/mol. The third-order valence-electron chi connectivity index (χ3n) is 4.84. The third kappa shape index (κ3) is 3.13. The first-order valence-electron chi connectivity index (χ1n) is 7.84. The van der Waals surface area contributed by atoms with Crippen molar-refractivity contribution in [3.63, 3.8) is 0 Å². The van der Waals surface area contributed by atoms with Gasteiger partial charge in [0.2, 0.25) is 0 Å². The van der Waals surface area contributed by atoms with Gasteiger partial charge in [-0.3, -0.25) is 0 Å². The van der Waals surface area contributed by atoms with E-state index in [1.165, 1.54) is 47.9 Å². The highest BCUT2D eigenvalue weighted by Crippen LogP contribution is 2.46. The molecule has 2 fully saturated rings. The minimum Gasteiger partial charge on any atom is -0.375 e. The lowest BCUT2D eigenvalue weighted by atomic mass is 9.80. The lowest BCUT2D eigenvalue weighted by Crippen LogP contribution is -2.41. The van der Waals surface area contributed by atoms with Gasteiger partial charge >= 0.3 is 0 Å². The fourth-order valence-electron chi connectivity index (χ4n) is 3.93. The molecule has 1 aromatic heterocycles. The predicted octanol–water partition coefficient (Wildman–Crippen LogP) is 4.90. The number of hydrogen-bond donors (Lipinski definition) is 1. The minimum atomic E-state index is 0.213. The van der Waals surface area contributed by atoms with Crippen molar-refractivity contribution in [2.24, 2.45) is 5.92 Å². The molecule has 0 aromatic carbocycles. The van der Waals surface area contributed by atoms with E-state index >= 15 is 0 Å². The first kappa shape index (κ1) is 15.0. The fraction of sp³-hybridized carbons (Fsp3) is 0.750. The fourth-order valence-corrected chi connectivity index (χ4v) is 5.54. The van der Waals surface area contributed by atoms with Crippen molar-refractivity contribution in [1.29, 1.82) is 0 Å². The van der Waals surface area contributed by atoms with E-state index in [1.807, 2.05) is 11.3 Å². The van der Waals surface area contributed by atoms with Crippen LogP contribution in [0.2, 0.25) is 0 Å². The summed E-state index contributed by atoms with van der Waals surface area (Å²) in [5, 5.41) is 5.92. The Labute approximate surface area is 134 Å². The van der Waals surface area contributed by atoms with E-state index in [0.717, 1.165) is 13.2 Å². The molecule has 0 bridgehead atoms. The Morgan fingerprint density at radius 1 is 1.50 bits per heavy atom. The molecular weight excluding hydrogens is 334 g/mol. The van der Waals surface area contributed by atoms with Crippen molar-refractivity contribution in [2.75, 3.05) is 13.2 Å². The SMILES string of the molecule is CCNC(c1cc(Br)cs1)C1CCOC2(CCCC2)C1. The average molecular weight is 358 g/mol. The molecule has 3 rings (SSSR count). The third-order valence-corrected chi connectivity index (χ3v) is 6.61. The summed E-state index contributed by atoms with van der Waals surface area (Å²) in [6, 6.07) is 2.78. The van der Waals surface area contributed by atoms with Crippen molar-refractivity contribution in [3.05, 3.63) is 20.8 Å².